The molecule has 162 valence electrons. The molecule has 2 nitrogen and oxygen atoms in total. The van der Waals surface area contributed by atoms with Crippen LogP contribution in [0, 0.1) is 5.41 Å². The van der Waals surface area contributed by atoms with Gasteiger partial charge in [-0.15, -0.1) is 0 Å². The predicted octanol–water partition coefficient (Wildman–Crippen LogP) is 6.77. The van der Waals surface area contributed by atoms with Crippen molar-refractivity contribution < 1.29 is 9.59 Å². The Morgan fingerprint density at radius 1 is 0.733 bits per heavy atom. The summed E-state index contributed by atoms with van der Waals surface area (Å²) in [6, 6.07) is 16.5. The Balaban J connectivity index is 2.92. The number of hydrogen-bond donors (Lipinski definition) is 0. The van der Waals surface area contributed by atoms with Crippen molar-refractivity contribution in [3.63, 3.8) is 0 Å². The number of carbonyl (C=O) groups excluding carboxylic acids is 2. The maximum absolute atomic E-state index is 13.7. The molecule has 0 heterocycles. The summed E-state index contributed by atoms with van der Waals surface area (Å²) in [6.45, 7) is 18.7. The highest BCUT2D eigenvalue weighted by molar-refractivity contribution is 5.98. The van der Waals surface area contributed by atoms with Crippen LogP contribution in [-0.2, 0) is 25.8 Å². The third-order valence-corrected chi connectivity index (χ3v) is 6.35. The number of aldehydes is 1. The summed E-state index contributed by atoms with van der Waals surface area (Å²) in [5.74, 6) is 0.0640. The number of hydrogen-bond acceptors (Lipinski definition) is 2. The van der Waals surface area contributed by atoms with Gasteiger partial charge in [0.2, 0.25) is 0 Å². The van der Waals surface area contributed by atoms with Crippen molar-refractivity contribution in [3.8, 4) is 0 Å². The fraction of sp³-hybridized carbons (Fsp3) is 0.500. The monoisotopic (exact) mass is 406 g/mol. The van der Waals surface area contributed by atoms with E-state index >= 15 is 0 Å². The van der Waals surface area contributed by atoms with Crippen molar-refractivity contribution >= 4 is 12.1 Å². The molecule has 2 aromatic carbocycles. The molecule has 2 aromatic rings. The van der Waals surface area contributed by atoms with Gasteiger partial charge in [-0.25, -0.2) is 0 Å². The summed E-state index contributed by atoms with van der Waals surface area (Å²) in [5.41, 5.74) is 2.15. The molecule has 2 rings (SSSR count). The van der Waals surface area contributed by atoms with Crippen molar-refractivity contribution in [2.45, 2.75) is 85.0 Å². The highest BCUT2D eigenvalue weighted by Gasteiger charge is 2.52. The summed E-state index contributed by atoms with van der Waals surface area (Å²) in [4.78, 5) is 26.1. The first-order valence-electron chi connectivity index (χ1n) is 10.9. The second-order valence-corrected chi connectivity index (χ2v) is 11.0. The molecule has 0 aliphatic heterocycles. The molecule has 0 amide bonds. The average Bonchev–Trinajstić information content (AvgIpc) is 2.67. The van der Waals surface area contributed by atoms with Crippen LogP contribution in [0.1, 0.15) is 91.0 Å². The number of rotatable bonds is 6. The molecular weight excluding hydrogens is 368 g/mol. The van der Waals surface area contributed by atoms with Crippen molar-refractivity contribution in [2.24, 2.45) is 5.41 Å². The Morgan fingerprint density at radius 3 is 1.63 bits per heavy atom. The quantitative estimate of drug-likeness (QED) is 0.496. The number of carbonyl (C=O) groups is 2. The van der Waals surface area contributed by atoms with Crippen LogP contribution in [0.4, 0.5) is 0 Å². The van der Waals surface area contributed by atoms with E-state index in [0.717, 1.165) is 23.0 Å². The molecule has 0 bridgehead atoms. The van der Waals surface area contributed by atoms with Crippen LogP contribution in [0.2, 0.25) is 0 Å². The Bertz CT molecular complexity index is 905. The number of ketones is 1. The third-order valence-electron chi connectivity index (χ3n) is 6.35. The van der Waals surface area contributed by atoms with Gasteiger partial charge in [0, 0.05) is 11.8 Å². The van der Waals surface area contributed by atoms with E-state index in [-0.39, 0.29) is 16.6 Å². The van der Waals surface area contributed by atoms with Crippen molar-refractivity contribution in [1.82, 2.24) is 0 Å². The SMILES string of the molecule is CCC(=O)C(c1ccc(C(C)(C)C)cc1)(c1cccc(C(C)(C)C)c1)C(C)(C)C=O. The van der Waals surface area contributed by atoms with E-state index in [0.29, 0.717) is 6.42 Å². The van der Waals surface area contributed by atoms with E-state index in [2.05, 4.69) is 65.8 Å². The van der Waals surface area contributed by atoms with Crippen molar-refractivity contribution in [2.75, 3.05) is 0 Å². The van der Waals surface area contributed by atoms with Gasteiger partial charge in [-0.3, -0.25) is 4.79 Å². The topological polar surface area (TPSA) is 34.1 Å². The Morgan fingerprint density at radius 2 is 1.20 bits per heavy atom. The molecule has 0 radical (unpaired) electrons. The molecule has 0 spiro atoms. The van der Waals surface area contributed by atoms with Crippen LogP contribution >= 0.6 is 0 Å². The van der Waals surface area contributed by atoms with Gasteiger partial charge in [-0.2, -0.15) is 0 Å². The number of benzene rings is 2. The standard InChI is InChI=1S/C28H38O2/c1-10-24(30)28(27(8,9)19-29,21-16-14-20(15-17-21)25(2,3)4)23-13-11-12-22(18-23)26(5,6)7/h11-19H,10H2,1-9H3. The minimum absolute atomic E-state index is 0.0162. The fourth-order valence-electron chi connectivity index (χ4n) is 4.38. The summed E-state index contributed by atoms with van der Waals surface area (Å²) in [5, 5.41) is 0. The zero-order valence-corrected chi connectivity index (χ0v) is 20.2. The molecule has 0 saturated carbocycles. The average molecular weight is 407 g/mol. The summed E-state index contributed by atoms with van der Waals surface area (Å²) < 4.78 is 0. The Labute approximate surface area is 183 Å². The minimum atomic E-state index is -1.04. The lowest BCUT2D eigenvalue weighted by Gasteiger charge is -2.44. The van der Waals surface area contributed by atoms with E-state index in [1.807, 2.05) is 45.0 Å². The highest BCUT2D eigenvalue weighted by atomic mass is 16.1. The van der Waals surface area contributed by atoms with Crippen LogP contribution < -0.4 is 0 Å². The van der Waals surface area contributed by atoms with Gasteiger partial charge in [0.25, 0.3) is 0 Å². The third kappa shape index (κ3) is 4.15. The van der Waals surface area contributed by atoms with Crippen LogP contribution in [0.3, 0.4) is 0 Å². The van der Waals surface area contributed by atoms with E-state index in [4.69, 9.17) is 0 Å². The zero-order valence-electron chi connectivity index (χ0n) is 20.2. The van der Waals surface area contributed by atoms with E-state index in [1.165, 1.54) is 5.56 Å². The van der Waals surface area contributed by atoms with Crippen molar-refractivity contribution in [1.29, 1.82) is 0 Å². The molecule has 30 heavy (non-hydrogen) atoms. The van der Waals surface area contributed by atoms with Crippen LogP contribution in [0.25, 0.3) is 0 Å². The molecular formula is C28H38O2. The maximum atomic E-state index is 13.7. The second-order valence-electron chi connectivity index (χ2n) is 11.0. The summed E-state index contributed by atoms with van der Waals surface area (Å²) >= 11 is 0. The minimum Gasteiger partial charge on any atom is -0.303 e. The van der Waals surface area contributed by atoms with Crippen LogP contribution in [0.5, 0.6) is 0 Å². The molecule has 1 unspecified atom stereocenters. The summed E-state index contributed by atoms with van der Waals surface area (Å²) in [6.07, 6.45) is 1.31. The first kappa shape index (κ1) is 24.1. The zero-order chi connectivity index (χ0) is 23.0. The first-order valence-corrected chi connectivity index (χ1v) is 10.9. The van der Waals surface area contributed by atoms with E-state index in [9.17, 15) is 9.59 Å². The van der Waals surface area contributed by atoms with Crippen LogP contribution in [0.15, 0.2) is 48.5 Å². The maximum Gasteiger partial charge on any atom is 0.148 e. The first-order chi connectivity index (χ1) is 13.7. The lowest BCUT2D eigenvalue weighted by molar-refractivity contribution is -0.131. The molecule has 0 aliphatic carbocycles. The molecule has 0 fully saturated rings. The van der Waals surface area contributed by atoms with Gasteiger partial charge in [-0.1, -0.05) is 111 Å². The molecule has 2 heteroatoms. The molecule has 0 aromatic heterocycles. The lowest BCUT2D eigenvalue weighted by Crippen LogP contribution is -2.50. The highest BCUT2D eigenvalue weighted by Crippen LogP contribution is 2.48. The van der Waals surface area contributed by atoms with Gasteiger partial charge in [0.15, 0.2) is 0 Å². The number of Topliss-reactive ketones (excluding diaryl/α,β-unsaturated/α-hetero) is 1. The van der Waals surface area contributed by atoms with E-state index < -0.39 is 10.8 Å². The molecule has 0 N–H and O–H groups in total. The van der Waals surface area contributed by atoms with Gasteiger partial charge in [0.1, 0.15) is 12.1 Å². The van der Waals surface area contributed by atoms with Crippen LogP contribution in [-0.4, -0.2) is 12.1 Å². The predicted molar refractivity (Wildman–Crippen MR) is 126 cm³/mol. The molecule has 0 aliphatic rings. The van der Waals surface area contributed by atoms with Gasteiger partial charge in [-0.05, 0) is 33.1 Å². The Kier molecular flexibility index (Phi) is 6.52. The van der Waals surface area contributed by atoms with Gasteiger partial charge in [0.05, 0.1) is 5.41 Å². The van der Waals surface area contributed by atoms with Crippen molar-refractivity contribution in [3.05, 3.63) is 70.8 Å². The lowest BCUT2D eigenvalue weighted by atomic mass is 9.55. The Hall–Kier alpha value is -2.22. The van der Waals surface area contributed by atoms with Gasteiger partial charge < -0.3 is 4.79 Å². The largest absolute Gasteiger partial charge is 0.303 e. The smallest absolute Gasteiger partial charge is 0.148 e. The van der Waals surface area contributed by atoms with E-state index in [1.54, 1.807) is 0 Å². The second kappa shape index (κ2) is 8.13. The summed E-state index contributed by atoms with van der Waals surface area (Å²) in [7, 11) is 0. The molecule has 0 saturated heterocycles. The normalized spacial score (nSPS) is 14.8. The fourth-order valence-corrected chi connectivity index (χ4v) is 4.38. The van der Waals surface area contributed by atoms with Gasteiger partial charge >= 0.3 is 0 Å². The molecule has 1 atom stereocenters.